The number of aryl methyl sites for hydroxylation is 1. The molecule has 1 unspecified atom stereocenters. The van der Waals surface area contributed by atoms with Gasteiger partial charge in [-0.1, -0.05) is 30.3 Å². The van der Waals surface area contributed by atoms with E-state index in [0.717, 1.165) is 38.9 Å². The van der Waals surface area contributed by atoms with Crippen LogP contribution in [0.3, 0.4) is 0 Å². The Balaban J connectivity index is 1.30. The van der Waals surface area contributed by atoms with E-state index in [-0.39, 0.29) is 5.41 Å². The molecular weight excluding hydrogens is 334 g/mol. The van der Waals surface area contributed by atoms with Crippen molar-refractivity contribution in [3.63, 3.8) is 0 Å². The lowest BCUT2D eigenvalue weighted by Gasteiger charge is -2.36. The van der Waals surface area contributed by atoms with E-state index in [9.17, 15) is 4.79 Å². The minimum atomic E-state index is -0.229. The lowest BCUT2D eigenvalue weighted by atomic mass is 9.91. The van der Waals surface area contributed by atoms with E-state index in [4.69, 9.17) is 0 Å². The standard InChI is InChI=1S/C23H29N3O/c1-17-14-24-21(19-9-10-19)26(17)16-18-6-5-13-25(15-18)22(27)23(11-12-23)20-7-3-2-4-8-20/h2-4,7-8,14,18-19H,5-6,9-13,15-16H2,1H3. The van der Waals surface area contributed by atoms with Gasteiger partial charge in [-0.2, -0.15) is 0 Å². The number of imidazole rings is 1. The number of nitrogens with zero attached hydrogens (tertiary/aromatic N) is 3. The van der Waals surface area contributed by atoms with E-state index < -0.39 is 0 Å². The average molecular weight is 364 g/mol. The second-order valence-corrected chi connectivity index (χ2v) is 8.85. The van der Waals surface area contributed by atoms with Crippen molar-refractivity contribution in [3.8, 4) is 0 Å². The third kappa shape index (κ3) is 3.09. The molecule has 3 aliphatic rings. The summed E-state index contributed by atoms with van der Waals surface area (Å²) in [6, 6.07) is 10.4. The van der Waals surface area contributed by atoms with Gasteiger partial charge in [0.1, 0.15) is 5.82 Å². The summed E-state index contributed by atoms with van der Waals surface area (Å²) in [5, 5.41) is 0. The van der Waals surface area contributed by atoms with Gasteiger partial charge in [0.25, 0.3) is 0 Å². The maximum absolute atomic E-state index is 13.4. The van der Waals surface area contributed by atoms with E-state index in [0.29, 0.717) is 17.7 Å². The minimum absolute atomic E-state index is 0.229. The first-order valence-corrected chi connectivity index (χ1v) is 10.5. The zero-order valence-electron chi connectivity index (χ0n) is 16.2. The van der Waals surface area contributed by atoms with Crippen LogP contribution in [-0.2, 0) is 16.8 Å². The SMILES string of the molecule is Cc1cnc(C2CC2)n1CC1CCCN(C(=O)C2(c3ccccc3)CC2)C1. The Morgan fingerprint density at radius 3 is 2.67 bits per heavy atom. The number of carbonyl (C=O) groups excluding carboxylic acids is 1. The number of carbonyl (C=O) groups is 1. The van der Waals surface area contributed by atoms with Crippen molar-refractivity contribution in [1.29, 1.82) is 0 Å². The van der Waals surface area contributed by atoms with Gasteiger partial charge in [-0.15, -0.1) is 0 Å². The van der Waals surface area contributed by atoms with Crippen LogP contribution in [0.5, 0.6) is 0 Å². The Bertz CT molecular complexity index is 833. The second kappa shape index (κ2) is 6.50. The Hall–Kier alpha value is -2.10. The van der Waals surface area contributed by atoms with Crippen molar-refractivity contribution in [2.24, 2.45) is 5.92 Å². The van der Waals surface area contributed by atoms with Crippen molar-refractivity contribution < 1.29 is 4.79 Å². The first kappa shape index (κ1) is 17.0. The summed E-state index contributed by atoms with van der Waals surface area (Å²) in [6.07, 6.45) is 8.93. The van der Waals surface area contributed by atoms with Crippen molar-refractivity contribution in [2.75, 3.05) is 13.1 Å². The normalized spacial score (nSPS) is 24.0. The van der Waals surface area contributed by atoms with Gasteiger partial charge in [-0.05, 0) is 56.9 Å². The lowest BCUT2D eigenvalue weighted by Crippen LogP contribution is -2.46. The summed E-state index contributed by atoms with van der Waals surface area (Å²) in [7, 11) is 0. The summed E-state index contributed by atoms with van der Waals surface area (Å²) in [5.74, 6) is 2.86. The Morgan fingerprint density at radius 1 is 1.19 bits per heavy atom. The molecule has 2 heterocycles. The van der Waals surface area contributed by atoms with Gasteiger partial charge in [0, 0.05) is 37.4 Å². The number of rotatable bonds is 5. The highest BCUT2D eigenvalue weighted by Gasteiger charge is 2.53. The Kier molecular flexibility index (Phi) is 4.10. The molecule has 1 aliphatic heterocycles. The van der Waals surface area contributed by atoms with E-state index in [2.05, 4.69) is 45.6 Å². The topological polar surface area (TPSA) is 38.1 Å². The van der Waals surface area contributed by atoms with E-state index in [1.54, 1.807) is 0 Å². The monoisotopic (exact) mass is 363 g/mol. The zero-order valence-corrected chi connectivity index (χ0v) is 16.2. The number of likely N-dealkylation sites (tertiary alicyclic amines) is 1. The minimum Gasteiger partial charge on any atom is -0.342 e. The summed E-state index contributed by atoms with van der Waals surface area (Å²) >= 11 is 0. The molecule has 4 nitrogen and oxygen atoms in total. The van der Waals surface area contributed by atoms with Crippen molar-refractivity contribution in [2.45, 2.75) is 63.3 Å². The molecule has 27 heavy (non-hydrogen) atoms. The van der Waals surface area contributed by atoms with Crippen LogP contribution in [0.1, 0.15) is 61.5 Å². The number of amides is 1. The summed E-state index contributed by atoms with van der Waals surface area (Å²) in [6.45, 7) is 5.00. The number of piperidine rings is 1. The molecule has 5 rings (SSSR count). The van der Waals surface area contributed by atoms with Crippen LogP contribution < -0.4 is 0 Å². The summed E-state index contributed by atoms with van der Waals surface area (Å²) < 4.78 is 2.43. The highest BCUT2D eigenvalue weighted by Crippen LogP contribution is 2.50. The fourth-order valence-electron chi connectivity index (χ4n) is 4.85. The van der Waals surface area contributed by atoms with Crippen LogP contribution in [0, 0.1) is 12.8 Å². The van der Waals surface area contributed by atoms with Gasteiger partial charge in [-0.25, -0.2) is 4.98 Å². The molecule has 2 aromatic rings. The lowest BCUT2D eigenvalue weighted by molar-refractivity contribution is -0.135. The molecule has 1 atom stereocenters. The highest BCUT2D eigenvalue weighted by atomic mass is 16.2. The predicted molar refractivity (Wildman–Crippen MR) is 106 cm³/mol. The molecule has 4 heteroatoms. The first-order chi connectivity index (χ1) is 13.2. The molecule has 1 aromatic heterocycles. The molecule has 1 saturated heterocycles. The number of hydrogen-bond acceptors (Lipinski definition) is 2. The maximum Gasteiger partial charge on any atom is 0.233 e. The number of benzene rings is 1. The fraction of sp³-hybridized carbons (Fsp3) is 0.565. The predicted octanol–water partition coefficient (Wildman–Crippen LogP) is 4.04. The molecule has 1 aromatic carbocycles. The average Bonchev–Trinajstić information content (AvgIpc) is 3.62. The van der Waals surface area contributed by atoms with Gasteiger partial charge >= 0.3 is 0 Å². The molecule has 0 spiro atoms. The van der Waals surface area contributed by atoms with Crippen LogP contribution in [0.4, 0.5) is 0 Å². The molecule has 2 aliphatic carbocycles. The third-order valence-corrected chi connectivity index (χ3v) is 6.76. The molecule has 2 saturated carbocycles. The van der Waals surface area contributed by atoms with Crippen molar-refractivity contribution in [3.05, 3.63) is 53.6 Å². The molecule has 0 N–H and O–H groups in total. The fourth-order valence-corrected chi connectivity index (χ4v) is 4.85. The molecule has 0 bridgehead atoms. The molecule has 3 fully saturated rings. The zero-order chi connectivity index (χ0) is 18.4. The summed E-state index contributed by atoms with van der Waals surface area (Å²) in [4.78, 5) is 20.2. The number of hydrogen-bond donors (Lipinski definition) is 0. The second-order valence-electron chi connectivity index (χ2n) is 8.85. The molecule has 142 valence electrons. The third-order valence-electron chi connectivity index (χ3n) is 6.76. The number of aromatic nitrogens is 2. The van der Waals surface area contributed by atoms with Crippen molar-refractivity contribution in [1.82, 2.24) is 14.5 Å². The smallest absolute Gasteiger partial charge is 0.233 e. The van der Waals surface area contributed by atoms with Gasteiger partial charge in [0.05, 0.1) is 5.41 Å². The first-order valence-electron chi connectivity index (χ1n) is 10.5. The van der Waals surface area contributed by atoms with E-state index in [1.165, 1.54) is 36.3 Å². The largest absolute Gasteiger partial charge is 0.342 e. The van der Waals surface area contributed by atoms with Gasteiger partial charge in [0.2, 0.25) is 5.91 Å². The van der Waals surface area contributed by atoms with Crippen LogP contribution in [0.25, 0.3) is 0 Å². The molecule has 1 amide bonds. The highest BCUT2D eigenvalue weighted by molar-refractivity contribution is 5.91. The Labute approximate surface area is 161 Å². The van der Waals surface area contributed by atoms with Gasteiger partial charge in [0.15, 0.2) is 0 Å². The van der Waals surface area contributed by atoms with Crippen LogP contribution >= 0.6 is 0 Å². The van der Waals surface area contributed by atoms with Crippen LogP contribution in [0.15, 0.2) is 36.5 Å². The maximum atomic E-state index is 13.4. The molecule has 0 radical (unpaired) electrons. The van der Waals surface area contributed by atoms with E-state index in [1.807, 2.05) is 12.3 Å². The quantitative estimate of drug-likeness (QED) is 0.804. The van der Waals surface area contributed by atoms with E-state index >= 15 is 0 Å². The van der Waals surface area contributed by atoms with Crippen molar-refractivity contribution >= 4 is 5.91 Å². The molecular formula is C23H29N3O. The van der Waals surface area contributed by atoms with Crippen LogP contribution in [-0.4, -0.2) is 33.4 Å². The van der Waals surface area contributed by atoms with Gasteiger partial charge in [-0.3, -0.25) is 4.79 Å². The van der Waals surface area contributed by atoms with Gasteiger partial charge < -0.3 is 9.47 Å². The van der Waals surface area contributed by atoms with Crippen LogP contribution in [0.2, 0.25) is 0 Å². The Morgan fingerprint density at radius 2 is 1.96 bits per heavy atom. The summed E-state index contributed by atoms with van der Waals surface area (Å²) in [5.41, 5.74) is 2.25.